The maximum absolute atomic E-state index is 14.7. The van der Waals surface area contributed by atoms with Crippen LogP contribution in [0.15, 0.2) is 66.7 Å². The summed E-state index contributed by atoms with van der Waals surface area (Å²) >= 11 is 0. The Morgan fingerprint density at radius 1 is 0.721 bits per heavy atom. The van der Waals surface area contributed by atoms with Crippen LogP contribution in [0.2, 0.25) is 0 Å². The molecule has 0 aromatic heterocycles. The van der Waals surface area contributed by atoms with Crippen LogP contribution in [0.25, 0.3) is 11.1 Å². The van der Waals surface area contributed by atoms with Crippen LogP contribution in [0.3, 0.4) is 0 Å². The summed E-state index contributed by atoms with van der Waals surface area (Å²) in [6.45, 7) is 6.47. The number of rotatable bonds is 19. The van der Waals surface area contributed by atoms with Crippen molar-refractivity contribution in [2.75, 3.05) is 0 Å². The first kappa shape index (κ1) is 33.8. The van der Waals surface area contributed by atoms with Crippen LogP contribution in [-0.2, 0) is 4.79 Å². The second-order valence-corrected chi connectivity index (χ2v) is 11.2. The molecule has 1 unspecified atom stereocenters. The molecule has 0 saturated heterocycles. The van der Waals surface area contributed by atoms with Crippen LogP contribution in [0.5, 0.6) is 17.2 Å². The zero-order chi connectivity index (χ0) is 30.9. The lowest BCUT2D eigenvalue weighted by molar-refractivity contribution is -0.134. The second kappa shape index (κ2) is 18.8. The molecule has 3 rings (SSSR count). The first-order valence-corrected chi connectivity index (χ1v) is 16.0. The Morgan fingerprint density at radius 3 is 2.05 bits per heavy atom. The molecule has 0 amide bonds. The number of hydrogen-bond acceptors (Lipinski definition) is 5. The molecule has 232 valence electrons. The smallest absolute Gasteiger partial charge is 0.344 e. The normalized spacial score (nSPS) is 11.6. The fourth-order valence-corrected chi connectivity index (χ4v) is 4.97. The lowest BCUT2D eigenvalue weighted by Crippen LogP contribution is -2.12. The van der Waals surface area contributed by atoms with Crippen LogP contribution in [-0.4, -0.2) is 18.0 Å². The molecule has 6 heteroatoms. The van der Waals surface area contributed by atoms with Gasteiger partial charge in [-0.05, 0) is 67.6 Å². The van der Waals surface area contributed by atoms with Gasteiger partial charge in [0.05, 0.1) is 11.7 Å². The molecule has 0 aliphatic carbocycles. The predicted molar refractivity (Wildman–Crippen MR) is 170 cm³/mol. The minimum atomic E-state index is -0.762. The summed E-state index contributed by atoms with van der Waals surface area (Å²) < 4.78 is 31.5. The van der Waals surface area contributed by atoms with Crippen molar-refractivity contribution in [2.24, 2.45) is 0 Å². The molecule has 0 spiro atoms. The van der Waals surface area contributed by atoms with E-state index in [2.05, 4.69) is 20.8 Å². The summed E-state index contributed by atoms with van der Waals surface area (Å²) in [6.07, 6.45) is 13.8. The van der Waals surface area contributed by atoms with Gasteiger partial charge in [-0.25, -0.2) is 9.18 Å². The Labute approximate surface area is 256 Å². The van der Waals surface area contributed by atoms with Crippen LogP contribution in [0, 0.1) is 5.82 Å². The Balaban J connectivity index is 1.55. The molecule has 0 N–H and O–H groups in total. The number of carbonyl (C=O) groups is 2. The summed E-state index contributed by atoms with van der Waals surface area (Å²) in [7, 11) is 0. The molecule has 3 aromatic rings. The number of ether oxygens (including phenoxy) is 3. The van der Waals surface area contributed by atoms with Crippen LogP contribution in [0.1, 0.15) is 115 Å². The second-order valence-electron chi connectivity index (χ2n) is 11.2. The first-order valence-electron chi connectivity index (χ1n) is 16.0. The zero-order valence-corrected chi connectivity index (χ0v) is 26.0. The molecule has 3 aromatic carbocycles. The first-order chi connectivity index (χ1) is 20.9. The van der Waals surface area contributed by atoms with Gasteiger partial charge in [0.15, 0.2) is 11.6 Å². The molecule has 1 atom stereocenters. The van der Waals surface area contributed by atoms with E-state index < -0.39 is 17.8 Å². The fourth-order valence-electron chi connectivity index (χ4n) is 4.97. The molecule has 0 radical (unpaired) electrons. The number of unbranched alkanes of at least 4 members (excludes halogenated alkanes) is 9. The molecule has 0 fully saturated rings. The third-order valence-electron chi connectivity index (χ3n) is 7.44. The van der Waals surface area contributed by atoms with E-state index >= 15 is 0 Å². The van der Waals surface area contributed by atoms with E-state index in [0.29, 0.717) is 11.1 Å². The van der Waals surface area contributed by atoms with Gasteiger partial charge in [0.1, 0.15) is 11.5 Å². The molecule has 43 heavy (non-hydrogen) atoms. The number of carbonyl (C=O) groups excluding carboxylic acids is 2. The topological polar surface area (TPSA) is 61.8 Å². The average molecular weight is 591 g/mol. The highest BCUT2D eigenvalue weighted by Gasteiger charge is 2.17. The summed E-state index contributed by atoms with van der Waals surface area (Å²) in [5, 5.41) is 0. The van der Waals surface area contributed by atoms with Gasteiger partial charge in [-0.1, -0.05) is 102 Å². The third-order valence-corrected chi connectivity index (χ3v) is 7.44. The highest BCUT2D eigenvalue weighted by Crippen LogP contribution is 2.29. The van der Waals surface area contributed by atoms with Crippen molar-refractivity contribution in [1.29, 1.82) is 0 Å². The number of hydrogen-bond donors (Lipinski definition) is 0. The predicted octanol–water partition coefficient (Wildman–Crippen LogP) is 10.5. The number of halogens is 1. The Morgan fingerprint density at radius 2 is 1.35 bits per heavy atom. The average Bonchev–Trinajstić information content (AvgIpc) is 3.00. The standard InChI is InChI=1S/C37H47FO5/c1-4-6-8-10-11-12-14-20-36(39)43-35-26-25-31(27-34(35)38)42-37(40)33-19-16-15-18-32(33)29-21-23-30(24-22-29)41-28(3)17-13-9-7-5-2/h15-16,18-19,21-28H,4-14,17,20H2,1-3H3. The van der Waals surface area contributed by atoms with Gasteiger partial charge in [0.2, 0.25) is 0 Å². The highest BCUT2D eigenvalue weighted by molar-refractivity contribution is 5.98. The van der Waals surface area contributed by atoms with Crippen LogP contribution < -0.4 is 14.2 Å². The van der Waals surface area contributed by atoms with Crippen molar-refractivity contribution in [2.45, 2.75) is 110 Å². The summed E-state index contributed by atoms with van der Waals surface area (Å²) in [5.74, 6) is -1.21. The Hall–Kier alpha value is -3.67. The van der Waals surface area contributed by atoms with Gasteiger partial charge in [-0.15, -0.1) is 0 Å². The van der Waals surface area contributed by atoms with E-state index in [-0.39, 0.29) is 24.0 Å². The zero-order valence-electron chi connectivity index (χ0n) is 26.0. The van der Waals surface area contributed by atoms with Crippen LogP contribution >= 0.6 is 0 Å². The maximum atomic E-state index is 14.7. The third kappa shape index (κ3) is 11.9. The van der Waals surface area contributed by atoms with E-state index in [0.717, 1.165) is 49.5 Å². The van der Waals surface area contributed by atoms with Gasteiger partial charge in [-0.3, -0.25) is 4.79 Å². The summed E-state index contributed by atoms with van der Waals surface area (Å²) in [6, 6.07) is 18.6. The molecule has 0 heterocycles. The molecule has 0 aliphatic rings. The van der Waals surface area contributed by atoms with Gasteiger partial charge in [0, 0.05) is 12.5 Å². The lowest BCUT2D eigenvalue weighted by Gasteiger charge is -2.15. The maximum Gasteiger partial charge on any atom is 0.344 e. The fraction of sp³-hybridized carbons (Fsp3) is 0.459. The van der Waals surface area contributed by atoms with Crippen molar-refractivity contribution in [3.05, 3.63) is 78.1 Å². The van der Waals surface area contributed by atoms with E-state index in [4.69, 9.17) is 14.2 Å². The molecule has 0 bridgehead atoms. The van der Waals surface area contributed by atoms with Crippen LogP contribution in [0.4, 0.5) is 4.39 Å². The monoisotopic (exact) mass is 590 g/mol. The van der Waals surface area contributed by atoms with Gasteiger partial charge < -0.3 is 14.2 Å². The largest absolute Gasteiger partial charge is 0.491 e. The van der Waals surface area contributed by atoms with Crippen molar-refractivity contribution < 1.29 is 28.2 Å². The van der Waals surface area contributed by atoms with E-state index in [1.807, 2.05) is 36.4 Å². The lowest BCUT2D eigenvalue weighted by atomic mass is 9.99. The quantitative estimate of drug-likeness (QED) is 0.0789. The molecular formula is C37H47FO5. The van der Waals surface area contributed by atoms with Gasteiger partial charge >= 0.3 is 11.9 Å². The summed E-state index contributed by atoms with van der Waals surface area (Å²) in [4.78, 5) is 25.3. The van der Waals surface area contributed by atoms with Crippen molar-refractivity contribution in [3.63, 3.8) is 0 Å². The van der Waals surface area contributed by atoms with Crippen molar-refractivity contribution in [1.82, 2.24) is 0 Å². The SMILES string of the molecule is CCCCCCCCCC(=O)Oc1ccc(OC(=O)c2ccccc2-c2ccc(OC(C)CCCCCC)cc2)cc1F. The number of benzene rings is 3. The highest BCUT2D eigenvalue weighted by atomic mass is 19.1. The minimum absolute atomic E-state index is 0.0286. The van der Waals surface area contributed by atoms with Crippen molar-refractivity contribution in [3.8, 4) is 28.4 Å². The summed E-state index contributed by atoms with van der Waals surface area (Å²) in [5.41, 5.74) is 1.89. The van der Waals surface area contributed by atoms with E-state index in [1.54, 1.807) is 12.1 Å². The van der Waals surface area contributed by atoms with E-state index in [9.17, 15) is 14.0 Å². The Bertz CT molecular complexity index is 1270. The molecule has 0 saturated carbocycles. The number of esters is 2. The van der Waals surface area contributed by atoms with Gasteiger partial charge in [-0.2, -0.15) is 0 Å². The van der Waals surface area contributed by atoms with Crippen molar-refractivity contribution >= 4 is 11.9 Å². The minimum Gasteiger partial charge on any atom is -0.491 e. The molecule has 5 nitrogen and oxygen atoms in total. The molecule has 0 aliphatic heterocycles. The molecular weight excluding hydrogens is 543 g/mol. The van der Waals surface area contributed by atoms with Gasteiger partial charge in [0.25, 0.3) is 0 Å². The Kier molecular flexibility index (Phi) is 14.8. The van der Waals surface area contributed by atoms with E-state index in [1.165, 1.54) is 57.1 Å².